The Morgan fingerprint density at radius 2 is 1.79 bits per heavy atom. The fraction of sp³-hybridized carbons (Fsp3) is 0.500. The second-order valence-corrected chi connectivity index (χ2v) is 8.74. The van der Waals surface area contributed by atoms with E-state index in [9.17, 15) is 5.11 Å². The van der Waals surface area contributed by atoms with Gasteiger partial charge in [0, 0.05) is 21.3 Å². The summed E-state index contributed by atoms with van der Waals surface area (Å²) in [5, 5.41) is 32.3. The highest BCUT2D eigenvalue weighted by Gasteiger charge is 2.40. The van der Waals surface area contributed by atoms with Gasteiger partial charge in [-0.25, -0.2) is 4.98 Å². The molecule has 0 atom stereocenters. The first-order valence-electron chi connectivity index (χ1n) is 8.08. The summed E-state index contributed by atoms with van der Waals surface area (Å²) >= 11 is 1.63. The van der Waals surface area contributed by atoms with Gasteiger partial charge in [0.25, 0.3) is 0 Å². The molecule has 0 aliphatic heterocycles. The fourth-order valence-corrected chi connectivity index (χ4v) is 4.37. The maximum atomic E-state index is 10.1. The molecule has 0 saturated heterocycles. The zero-order valence-electron chi connectivity index (χ0n) is 14.4. The first-order chi connectivity index (χ1) is 11.1. The summed E-state index contributed by atoms with van der Waals surface area (Å²) in [7, 11) is 0. The number of phenolic OH excluding ortho intramolecular Hbond substituents is 1. The van der Waals surface area contributed by atoms with E-state index in [0.29, 0.717) is 5.69 Å². The van der Waals surface area contributed by atoms with Crippen LogP contribution in [0.4, 0.5) is 10.8 Å². The topological polar surface area (TPSA) is 85.6 Å². The molecular formula is C18H24N2O3S. The van der Waals surface area contributed by atoms with Crippen molar-refractivity contribution in [1.29, 1.82) is 0 Å². The summed E-state index contributed by atoms with van der Waals surface area (Å²) in [6.07, 6.45) is 0.631. The number of aromatic hydroxyl groups is 1. The Kier molecular flexibility index (Phi) is 4.10. The highest BCUT2D eigenvalue weighted by Crippen LogP contribution is 2.49. The molecule has 4 N–H and O–H groups in total. The Balaban J connectivity index is 1.94. The van der Waals surface area contributed by atoms with E-state index in [1.165, 1.54) is 10.9 Å². The molecule has 0 spiro atoms. The molecule has 0 amide bonds. The standard InChI is InChI=1S/C18H24N2O3S/c1-17(2)7-8-18(3,4)14-13(17)20-16(24-14)19-11-6-5-10(15(22)23)9-12(11)21/h5-6,9,15,21-23H,7-8H2,1-4H3,(H,19,20). The van der Waals surface area contributed by atoms with E-state index < -0.39 is 6.29 Å². The number of anilines is 2. The van der Waals surface area contributed by atoms with E-state index in [1.807, 2.05) is 0 Å². The minimum Gasteiger partial charge on any atom is -0.506 e. The van der Waals surface area contributed by atoms with Gasteiger partial charge < -0.3 is 20.6 Å². The van der Waals surface area contributed by atoms with Crippen molar-refractivity contribution in [2.24, 2.45) is 0 Å². The summed E-state index contributed by atoms with van der Waals surface area (Å²) in [6.45, 7) is 8.94. The minimum absolute atomic E-state index is 0.0349. The third-order valence-electron chi connectivity index (χ3n) is 4.82. The lowest BCUT2D eigenvalue weighted by Gasteiger charge is -2.37. The number of hydrogen-bond donors (Lipinski definition) is 4. The average molecular weight is 348 g/mol. The lowest BCUT2D eigenvalue weighted by Crippen LogP contribution is -2.32. The van der Waals surface area contributed by atoms with Crippen LogP contribution in [0.1, 0.15) is 63.0 Å². The molecule has 2 aromatic rings. The van der Waals surface area contributed by atoms with E-state index in [2.05, 4.69) is 33.0 Å². The Labute approximate surface area is 146 Å². The Morgan fingerprint density at radius 1 is 1.12 bits per heavy atom. The van der Waals surface area contributed by atoms with Gasteiger partial charge in [-0.15, -0.1) is 11.3 Å². The van der Waals surface area contributed by atoms with E-state index in [-0.39, 0.29) is 22.1 Å². The average Bonchev–Trinajstić information content (AvgIpc) is 2.92. The quantitative estimate of drug-likeness (QED) is 0.499. The molecule has 0 fully saturated rings. The molecule has 0 unspecified atom stereocenters. The highest BCUT2D eigenvalue weighted by molar-refractivity contribution is 7.16. The fourth-order valence-electron chi connectivity index (χ4n) is 3.08. The molecule has 1 aliphatic carbocycles. The monoisotopic (exact) mass is 348 g/mol. The van der Waals surface area contributed by atoms with E-state index >= 15 is 0 Å². The number of aromatic nitrogens is 1. The van der Waals surface area contributed by atoms with Gasteiger partial charge in [0.05, 0.1) is 11.4 Å². The molecule has 3 rings (SSSR count). The minimum atomic E-state index is -1.60. The summed E-state index contributed by atoms with van der Waals surface area (Å²) in [4.78, 5) is 6.09. The van der Waals surface area contributed by atoms with Gasteiger partial charge in [-0.05, 0) is 25.0 Å². The van der Waals surface area contributed by atoms with Gasteiger partial charge >= 0.3 is 0 Å². The molecule has 0 radical (unpaired) electrons. The zero-order valence-corrected chi connectivity index (χ0v) is 15.2. The number of nitrogens with zero attached hydrogens (tertiary/aromatic N) is 1. The molecule has 5 nitrogen and oxygen atoms in total. The number of hydrogen-bond acceptors (Lipinski definition) is 6. The maximum absolute atomic E-state index is 10.1. The van der Waals surface area contributed by atoms with Crippen molar-refractivity contribution in [2.75, 3.05) is 5.32 Å². The van der Waals surface area contributed by atoms with Crippen LogP contribution in [0.25, 0.3) is 0 Å². The van der Waals surface area contributed by atoms with Crippen molar-refractivity contribution in [1.82, 2.24) is 4.98 Å². The van der Waals surface area contributed by atoms with Gasteiger partial charge in [-0.3, -0.25) is 0 Å². The van der Waals surface area contributed by atoms with Crippen LogP contribution in [0.2, 0.25) is 0 Å². The molecule has 24 heavy (non-hydrogen) atoms. The van der Waals surface area contributed by atoms with Crippen LogP contribution in [-0.2, 0) is 10.8 Å². The van der Waals surface area contributed by atoms with Crippen molar-refractivity contribution < 1.29 is 15.3 Å². The van der Waals surface area contributed by atoms with Crippen molar-refractivity contribution in [3.05, 3.63) is 34.3 Å². The van der Waals surface area contributed by atoms with Crippen molar-refractivity contribution in [3.63, 3.8) is 0 Å². The van der Waals surface area contributed by atoms with Gasteiger partial charge in [0.2, 0.25) is 0 Å². The number of aliphatic hydroxyl groups excluding tert-OH is 1. The number of fused-ring (bicyclic) bond motifs is 1. The first-order valence-corrected chi connectivity index (χ1v) is 8.90. The highest BCUT2D eigenvalue weighted by atomic mass is 32.1. The number of aliphatic hydroxyl groups is 2. The Hall–Kier alpha value is -1.63. The predicted molar refractivity (Wildman–Crippen MR) is 96.0 cm³/mol. The van der Waals surface area contributed by atoms with Crippen LogP contribution >= 0.6 is 11.3 Å². The predicted octanol–water partition coefficient (Wildman–Crippen LogP) is 3.92. The van der Waals surface area contributed by atoms with Crippen molar-refractivity contribution >= 4 is 22.2 Å². The van der Waals surface area contributed by atoms with Crippen LogP contribution in [-0.4, -0.2) is 20.3 Å². The number of benzene rings is 1. The van der Waals surface area contributed by atoms with E-state index in [0.717, 1.165) is 23.7 Å². The molecule has 0 bridgehead atoms. The van der Waals surface area contributed by atoms with Gasteiger partial charge in [0.15, 0.2) is 11.4 Å². The lowest BCUT2D eigenvalue weighted by atomic mass is 9.69. The molecule has 6 heteroatoms. The zero-order chi connectivity index (χ0) is 17.7. The third kappa shape index (κ3) is 3.01. The SMILES string of the molecule is CC1(C)CCC(C)(C)c2sc(Nc3ccc(C(O)O)cc3O)nc21. The molecule has 1 aromatic heterocycles. The molecular weight excluding hydrogens is 324 g/mol. The molecule has 0 saturated carbocycles. The van der Waals surface area contributed by atoms with Crippen molar-refractivity contribution in [2.45, 2.75) is 57.7 Å². The van der Waals surface area contributed by atoms with Crippen molar-refractivity contribution in [3.8, 4) is 5.75 Å². The van der Waals surface area contributed by atoms with Crippen LogP contribution in [0.15, 0.2) is 18.2 Å². The van der Waals surface area contributed by atoms with Crippen LogP contribution in [0.3, 0.4) is 0 Å². The third-order valence-corrected chi connectivity index (χ3v) is 6.16. The second-order valence-electron chi connectivity index (χ2n) is 7.74. The van der Waals surface area contributed by atoms with Gasteiger partial charge in [-0.1, -0.05) is 33.8 Å². The van der Waals surface area contributed by atoms with E-state index in [1.54, 1.807) is 23.5 Å². The van der Waals surface area contributed by atoms with Crippen LogP contribution in [0.5, 0.6) is 5.75 Å². The lowest BCUT2D eigenvalue weighted by molar-refractivity contribution is -0.0426. The second kappa shape index (κ2) is 5.72. The van der Waals surface area contributed by atoms with Gasteiger partial charge in [-0.2, -0.15) is 0 Å². The summed E-state index contributed by atoms with van der Waals surface area (Å²) in [5.74, 6) is -0.0349. The smallest absolute Gasteiger partial charge is 0.187 e. The van der Waals surface area contributed by atoms with Crippen LogP contribution in [0, 0.1) is 0 Å². The molecule has 1 aromatic carbocycles. The summed E-state index contributed by atoms with van der Waals surface area (Å²) < 4.78 is 0. The largest absolute Gasteiger partial charge is 0.506 e. The Bertz CT molecular complexity index is 732. The molecule has 1 heterocycles. The van der Waals surface area contributed by atoms with Gasteiger partial charge in [0.1, 0.15) is 5.75 Å². The number of phenols is 1. The van der Waals surface area contributed by atoms with E-state index in [4.69, 9.17) is 15.2 Å². The van der Waals surface area contributed by atoms with Crippen LogP contribution < -0.4 is 5.32 Å². The normalized spacial score (nSPS) is 18.5. The summed E-state index contributed by atoms with van der Waals surface area (Å²) in [5.41, 5.74) is 2.04. The molecule has 1 aliphatic rings. The maximum Gasteiger partial charge on any atom is 0.187 e. The number of thiazole rings is 1. The number of nitrogens with one attached hydrogen (secondary N) is 1. The first kappa shape index (κ1) is 17.2. The Morgan fingerprint density at radius 3 is 2.38 bits per heavy atom. The molecule has 130 valence electrons. The summed E-state index contributed by atoms with van der Waals surface area (Å²) in [6, 6.07) is 4.53. The number of rotatable bonds is 3.